The topological polar surface area (TPSA) is 58.4 Å². The number of carbonyl (C=O) groups is 1. The van der Waals surface area contributed by atoms with Crippen LogP contribution >= 0.6 is 12.2 Å². The molecule has 0 fully saturated rings. The van der Waals surface area contributed by atoms with Gasteiger partial charge in [-0.3, -0.25) is 0 Å². The predicted octanol–water partition coefficient (Wildman–Crippen LogP) is 1.89. The van der Waals surface area contributed by atoms with Gasteiger partial charge in [0.25, 0.3) is 0 Å². The summed E-state index contributed by atoms with van der Waals surface area (Å²) in [6, 6.07) is 9.65. The van der Waals surface area contributed by atoms with Crippen molar-refractivity contribution in [1.82, 2.24) is 10.2 Å². The molecule has 2 amide bonds. The first-order valence-electron chi connectivity index (χ1n) is 5.83. The van der Waals surface area contributed by atoms with Crippen LogP contribution in [0.25, 0.3) is 0 Å². The maximum Gasteiger partial charge on any atom is 0.317 e. The van der Waals surface area contributed by atoms with Crippen LogP contribution in [0.1, 0.15) is 18.9 Å². The van der Waals surface area contributed by atoms with Crippen LogP contribution in [0.15, 0.2) is 30.3 Å². The monoisotopic (exact) mass is 265 g/mol. The normalized spacial score (nSPS) is 11.7. The molecule has 1 aromatic rings. The van der Waals surface area contributed by atoms with E-state index in [1.807, 2.05) is 37.3 Å². The number of thiocarbonyl (C=S) groups is 1. The zero-order valence-electron chi connectivity index (χ0n) is 10.7. The number of nitrogens with one attached hydrogen (secondary N) is 1. The van der Waals surface area contributed by atoms with E-state index in [0.29, 0.717) is 18.0 Å². The van der Waals surface area contributed by atoms with Gasteiger partial charge < -0.3 is 16.0 Å². The number of amides is 2. The predicted molar refractivity (Wildman–Crippen MR) is 77.3 cm³/mol. The lowest BCUT2D eigenvalue weighted by Crippen LogP contribution is -2.43. The van der Waals surface area contributed by atoms with Crippen LogP contribution in [0.3, 0.4) is 0 Å². The van der Waals surface area contributed by atoms with Gasteiger partial charge in [0.15, 0.2) is 0 Å². The van der Waals surface area contributed by atoms with Crippen molar-refractivity contribution >= 4 is 23.2 Å². The molecule has 0 spiro atoms. The Hall–Kier alpha value is -1.62. The fourth-order valence-electron chi connectivity index (χ4n) is 1.53. The van der Waals surface area contributed by atoms with E-state index in [1.54, 1.807) is 11.9 Å². The van der Waals surface area contributed by atoms with Gasteiger partial charge >= 0.3 is 6.03 Å². The molecule has 1 rings (SSSR count). The van der Waals surface area contributed by atoms with Crippen molar-refractivity contribution in [3.8, 4) is 0 Å². The van der Waals surface area contributed by atoms with Gasteiger partial charge in [-0.15, -0.1) is 0 Å². The first-order valence-corrected chi connectivity index (χ1v) is 6.24. The Morgan fingerprint density at radius 3 is 2.61 bits per heavy atom. The highest BCUT2D eigenvalue weighted by atomic mass is 32.1. The molecule has 1 aromatic carbocycles. The largest absolute Gasteiger partial charge is 0.393 e. The number of urea groups is 1. The van der Waals surface area contributed by atoms with Gasteiger partial charge in [0, 0.05) is 26.1 Å². The first-order chi connectivity index (χ1) is 8.50. The lowest BCUT2D eigenvalue weighted by atomic mass is 10.2. The summed E-state index contributed by atoms with van der Waals surface area (Å²) in [4.78, 5) is 13.9. The highest BCUT2D eigenvalue weighted by Crippen LogP contribution is 2.03. The van der Waals surface area contributed by atoms with E-state index < -0.39 is 0 Å². The molecular formula is C13H19N3OS. The molecule has 0 saturated carbocycles. The average Bonchev–Trinajstić information content (AvgIpc) is 2.35. The van der Waals surface area contributed by atoms with E-state index in [4.69, 9.17) is 18.0 Å². The highest BCUT2D eigenvalue weighted by molar-refractivity contribution is 7.80. The number of benzene rings is 1. The van der Waals surface area contributed by atoms with Crippen LogP contribution in [0.4, 0.5) is 4.79 Å². The molecule has 1 atom stereocenters. The van der Waals surface area contributed by atoms with E-state index in [0.717, 1.165) is 5.56 Å². The molecule has 5 heteroatoms. The Bertz CT molecular complexity index is 408. The second kappa shape index (κ2) is 6.96. The standard InChI is InChI=1S/C13H19N3OS/c1-10(8-12(14)18)16(2)13(17)15-9-11-6-4-3-5-7-11/h3-7,10H,8-9H2,1-2H3,(H2,14,18)(H,15,17). The van der Waals surface area contributed by atoms with Crippen molar-refractivity contribution in [2.45, 2.75) is 25.9 Å². The molecule has 0 radical (unpaired) electrons. The zero-order chi connectivity index (χ0) is 13.5. The van der Waals surface area contributed by atoms with Gasteiger partial charge in [0.2, 0.25) is 0 Å². The summed E-state index contributed by atoms with van der Waals surface area (Å²) in [5.41, 5.74) is 6.54. The average molecular weight is 265 g/mol. The zero-order valence-corrected chi connectivity index (χ0v) is 11.5. The molecule has 18 heavy (non-hydrogen) atoms. The summed E-state index contributed by atoms with van der Waals surface area (Å²) in [5, 5.41) is 2.86. The Morgan fingerprint density at radius 1 is 1.44 bits per heavy atom. The maximum atomic E-state index is 11.9. The molecule has 1 unspecified atom stereocenters. The van der Waals surface area contributed by atoms with Crippen molar-refractivity contribution < 1.29 is 4.79 Å². The summed E-state index contributed by atoms with van der Waals surface area (Å²) in [6.45, 7) is 2.44. The van der Waals surface area contributed by atoms with Gasteiger partial charge in [-0.25, -0.2) is 4.79 Å². The van der Waals surface area contributed by atoms with E-state index in [-0.39, 0.29) is 12.1 Å². The molecule has 0 heterocycles. The number of hydrogen-bond acceptors (Lipinski definition) is 2. The van der Waals surface area contributed by atoms with Crippen molar-refractivity contribution in [3.63, 3.8) is 0 Å². The molecule has 4 nitrogen and oxygen atoms in total. The van der Waals surface area contributed by atoms with Crippen molar-refractivity contribution in [2.75, 3.05) is 7.05 Å². The van der Waals surface area contributed by atoms with Crippen LogP contribution in [-0.4, -0.2) is 29.0 Å². The Balaban J connectivity index is 2.43. The molecule has 0 aliphatic rings. The molecule has 0 aliphatic heterocycles. The molecule has 3 N–H and O–H groups in total. The number of carbonyl (C=O) groups excluding carboxylic acids is 1. The van der Waals surface area contributed by atoms with Crippen LogP contribution in [-0.2, 0) is 6.54 Å². The first kappa shape index (κ1) is 14.4. The third kappa shape index (κ3) is 4.71. The van der Waals surface area contributed by atoms with Crippen molar-refractivity contribution in [2.24, 2.45) is 5.73 Å². The molecular weight excluding hydrogens is 246 g/mol. The molecule has 0 saturated heterocycles. The smallest absolute Gasteiger partial charge is 0.317 e. The lowest BCUT2D eigenvalue weighted by molar-refractivity contribution is 0.195. The number of rotatable bonds is 5. The molecule has 98 valence electrons. The summed E-state index contributed by atoms with van der Waals surface area (Å²) < 4.78 is 0. The van der Waals surface area contributed by atoms with Crippen molar-refractivity contribution in [1.29, 1.82) is 0 Å². The third-order valence-corrected chi connectivity index (χ3v) is 2.93. The van der Waals surface area contributed by atoms with Crippen LogP contribution in [0, 0.1) is 0 Å². The van der Waals surface area contributed by atoms with E-state index in [1.165, 1.54) is 0 Å². The van der Waals surface area contributed by atoms with Gasteiger partial charge in [-0.2, -0.15) is 0 Å². The number of hydrogen-bond donors (Lipinski definition) is 2. The highest BCUT2D eigenvalue weighted by Gasteiger charge is 2.15. The van der Waals surface area contributed by atoms with Gasteiger partial charge in [-0.1, -0.05) is 42.5 Å². The minimum Gasteiger partial charge on any atom is -0.393 e. The second-order valence-electron chi connectivity index (χ2n) is 4.27. The summed E-state index contributed by atoms with van der Waals surface area (Å²) in [5.74, 6) is 0. The fraction of sp³-hybridized carbons (Fsp3) is 0.385. The van der Waals surface area contributed by atoms with Gasteiger partial charge in [0.1, 0.15) is 0 Å². The quantitative estimate of drug-likeness (QED) is 0.799. The Kier molecular flexibility index (Phi) is 5.58. The van der Waals surface area contributed by atoms with Crippen molar-refractivity contribution in [3.05, 3.63) is 35.9 Å². The van der Waals surface area contributed by atoms with Gasteiger partial charge in [0.05, 0.1) is 4.99 Å². The van der Waals surface area contributed by atoms with E-state index >= 15 is 0 Å². The van der Waals surface area contributed by atoms with Crippen LogP contribution in [0.5, 0.6) is 0 Å². The molecule has 0 aromatic heterocycles. The Morgan fingerprint density at radius 2 is 2.06 bits per heavy atom. The third-order valence-electron chi connectivity index (χ3n) is 2.76. The SMILES string of the molecule is CC(CC(N)=S)N(C)C(=O)NCc1ccccc1. The Labute approximate surface area is 113 Å². The maximum absolute atomic E-state index is 11.9. The number of nitrogens with two attached hydrogens (primary N) is 1. The van der Waals surface area contributed by atoms with E-state index in [9.17, 15) is 4.79 Å². The summed E-state index contributed by atoms with van der Waals surface area (Å²) in [6.07, 6.45) is 0.532. The van der Waals surface area contributed by atoms with Crippen LogP contribution < -0.4 is 11.1 Å². The van der Waals surface area contributed by atoms with Gasteiger partial charge in [-0.05, 0) is 12.5 Å². The van der Waals surface area contributed by atoms with E-state index in [2.05, 4.69) is 5.32 Å². The summed E-state index contributed by atoms with van der Waals surface area (Å²) >= 11 is 4.84. The minimum atomic E-state index is -0.123. The van der Waals surface area contributed by atoms with Crippen LogP contribution in [0.2, 0.25) is 0 Å². The fourth-order valence-corrected chi connectivity index (χ4v) is 1.77. The minimum absolute atomic E-state index is 0.00160. The summed E-state index contributed by atoms with van der Waals surface area (Å²) in [7, 11) is 1.74. The second-order valence-corrected chi connectivity index (χ2v) is 4.80. The molecule has 0 bridgehead atoms. The lowest BCUT2D eigenvalue weighted by Gasteiger charge is -2.24. The molecule has 0 aliphatic carbocycles. The number of nitrogens with zero attached hydrogens (tertiary/aromatic N) is 1.